The molecule has 14 heavy (non-hydrogen) atoms. The van der Waals surface area contributed by atoms with Gasteiger partial charge in [0.05, 0.1) is 6.54 Å². The smallest absolute Gasteiger partial charge is 0.255 e. The molecule has 0 bridgehead atoms. The number of rotatable bonds is 3. The third-order valence-electron chi connectivity index (χ3n) is 1.93. The van der Waals surface area contributed by atoms with Crippen LogP contribution in [0.4, 0.5) is 0 Å². The van der Waals surface area contributed by atoms with Crippen LogP contribution in [0.3, 0.4) is 0 Å². The molecule has 0 unspecified atom stereocenters. The van der Waals surface area contributed by atoms with Crippen LogP contribution >= 0.6 is 0 Å². The molecule has 0 spiro atoms. The highest BCUT2D eigenvalue weighted by Gasteiger charge is 2.04. The van der Waals surface area contributed by atoms with Crippen LogP contribution in [0.15, 0.2) is 33.5 Å². The standard InChI is InChI=1S/C9H14N4O/c1-7(2)13-5-3-4-8(9(13)14)6-11-12-10/h3-5,7H,6H2,1-2H3,(H2,10,11). The van der Waals surface area contributed by atoms with E-state index in [0.29, 0.717) is 5.56 Å². The lowest BCUT2D eigenvalue weighted by Crippen LogP contribution is -2.24. The van der Waals surface area contributed by atoms with Crippen molar-refractivity contribution in [2.24, 2.45) is 16.2 Å². The number of nitrogens with zero attached hydrogens (tertiary/aromatic N) is 3. The van der Waals surface area contributed by atoms with Gasteiger partial charge in [-0.2, -0.15) is 5.11 Å². The fourth-order valence-electron chi connectivity index (χ4n) is 1.20. The quantitative estimate of drug-likeness (QED) is 0.447. The minimum absolute atomic E-state index is 0.0325. The van der Waals surface area contributed by atoms with E-state index in [9.17, 15) is 4.79 Å². The molecule has 0 fully saturated rings. The maximum absolute atomic E-state index is 11.7. The SMILES string of the molecule is CC(C)n1cccc(CN=NN)c1=O. The van der Waals surface area contributed by atoms with E-state index in [-0.39, 0.29) is 18.1 Å². The van der Waals surface area contributed by atoms with E-state index < -0.39 is 0 Å². The van der Waals surface area contributed by atoms with Crippen molar-refractivity contribution in [2.75, 3.05) is 0 Å². The van der Waals surface area contributed by atoms with Gasteiger partial charge in [-0.1, -0.05) is 11.3 Å². The zero-order valence-electron chi connectivity index (χ0n) is 8.34. The van der Waals surface area contributed by atoms with E-state index in [1.54, 1.807) is 16.8 Å². The summed E-state index contributed by atoms with van der Waals surface area (Å²) in [5.74, 6) is 4.87. The summed E-state index contributed by atoms with van der Waals surface area (Å²) in [7, 11) is 0. The maximum atomic E-state index is 11.7. The van der Waals surface area contributed by atoms with Crippen molar-refractivity contribution >= 4 is 0 Å². The van der Waals surface area contributed by atoms with Crippen LogP contribution in [0, 0.1) is 0 Å². The molecule has 0 aromatic carbocycles. The van der Waals surface area contributed by atoms with Crippen molar-refractivity contribution in [3.63, 3.8) is 0 Å². The molecule has 5 nitrogen and oxygen atoms in total. The van der Waals surface area contributed by atoms with Gasteiger partial charge in [-0.25, -0.2) is 0 Å². The monoisotopic (exact) mass is 194 g/mol. The summed E-state index contributed by atoms with van der Waals surface area (Å²) in [5.41, 5.74) is 0.574. The molecule has 76 valence electrons. The van der Waals surface area contributed by atoms with E-state index in [2.05, 4.69) is 10.3 Å². The Balaban J connectivity index is 3.08. The molecule has 1 aromatic heterocycles. The molecule has 1 aromatic rings. The number of hydrogen-bond donors (Lipinski definition) is 1. The summed E-state index contributed by atoms with van der Waals surface area (Å²) < 4.78 is 1.65. The van der Waals surface area contributed by atoms with Crippen LogP contribution in [0.5, 0.6) is 0 Å². The first-order valence-corrected chi connectivity index (χ1v) is 4.43. The lowest BCUT2D eigenvalue weighted by atomic mass is 10.2. The van der Waals surface area contributed by atoms with E-state index in [1.807, 2.05) is 19.9 Å². The van der Waals surface area contributed by atoms with Crippen molar-refractivity contribution in [2.45, 2.75) is 26.4 Å². The van der Waals surface area contributed by atoms with Gasteiger partial charge in [0, 0.05) is 17.8 Å². The van der Waals surface area contributed by atoms with Gasteiger partial charge in [0.15, 0.2) is 0 Å². The summed E-state index contributed by atoms with van der Waals surface area (Å²) in [4.78, 5) is 11.7. The first-order chi connectivity index (χ1) is 6.66. The average molecular weight is 194 g/mol. The zero-order chi connectivity index (χ0) is 10.6. The van der Waals surface area contributed by atoms with Gasteiger partial charge in [0.25, 0.3) is 5.56 Å². The first kappa shape index (κ1) is 10.4. The highest BCUT2D eigenvalue weighted by molar-refractivity contribution is 5.10. The molecule has 0 atom stereocenters. The maximum Gasteiger partial charge on any atom is 0.255 e. The fraction of sp³-hybridized carbons (Fsp3) is 0.444. The van der Waals surface area contributed by atoms with Crippen LogP contribution in [0.1, 0.15) is 25.5 Å². The van der Waals surface area contributed by atoms with Crippen molar-refractivity contribution in [1.29, 1.82) is 0 Å². The Kier molecular flexibility index (Phi) is 3.39. The van der Waals surface area contributed by atoms with Crippen molar-refractivity contribution in [1.82, 2.24) is 4.57 Å². The van der Waals surface area contributed by atoms with Crippen LogP contribution in [-0.4, -0.2) is 4.57 Å². The lowest BCUT2D eigenvalue weighted by Gasteiger charge is -2.09. The van der Waals surface area contributed by atoms with E-state index >= 15 is 0 Å². The summed E-state index contributed by atoms with van der Waals surface area (Å²) in [5, 5.41) is 6.72. The molecule has 0 aliphatic rings. The van der Waals surface area contributed by atoms with Gasteiger partial charge in [0.2, 0.25) is 0 Å². The van der Waals surface area contributed by atoms with Gasteiger partial charge in [-0.3, -0.25) is 4.79 Å². The fourth-order valence-corrected chi connectivity index (χ4v) is 1.20. The molecule has 0 radical (unpaired) electrons. The molecular weight excluding hydrogens is 180 g/mol. The Morgan fingerprint density at radius 2 is 2.29 bits per heavy atom. The van der Waals surface area contributed by atoms with Crippen LogP contribution in [-0.2, 0) is 6.54 Å². The molecule has 0 aliphatic heterocycles. The van der Waals surface area contributed by atoms with Gasteiger partial charge >= 0.3 is 0 Å². The summed E-state index contributed by atoms with van der Waals surface area (Å²) in [6.07, 6.45) is 1.76. The number of pyridine rings is 1. The summed E-state index contributed by atoms with van der Waals surface area (Å²) in [6.45, 7) is 4.15. The second kappa shape index (κ2) is 4.55. The topological polar surface area (TPSA) is 72.7 Å². The highest BCUT2D eigenvalue weighted by atomic mass is 16.1. The van der Waals surface area contributed by atoms with Crippen molar-refractivity contribution in [3.8, 4) is 0 Å². The third kappa shape index (κ3) is 2.18. The predicted molar refractivity (Wildman–Crippen MR) is 53.8 cm³/mol. The Labute approximate surface area is 82.2 Å². The molecule has 0 saturated carbocycles. The largest absolute Gasteiger partial charge is 0.313 e. The van der Waals surface area contributed by atoms with Crippen LogP contribution in [0.25, 0.3) is 0 Å². The molecule has 1 heterocycles. The molecule has 0 saturated heterocycles. The number of aromatic nitrogens is 1. The average Bonchev–Trinajstić information content (AvgIpc) is 2.16. The lowest BCUT2D eigenvalue weighted by molar-refractivity contribution is 0.572. The third-order valence-corrected chi connectivity index (χ3v) is 1.93. The molecule has 5 heteroatoms. The van der Waals surface area contributed by atoms with E-state index in [1.165, 1.54) is 0 Å². The Hall–Kier alpha value is -1.65. The molecule has 1 rings (SSSR count). The van der Waals surface area contributed by atoms with Crippen LogP contribution < -0.4 is 11.4 Å². The predicted octanol–water partition coefficient (Wildman–Crippen LogP) is 1.26. The minimum atomic E-state index is -0.0325. The first-order valence-electron chi connectivity index (χ1n) is 4.43. The minimum Gasteiger partial charge on any atom is -0.313 e. The van der Waals surface area contributed by atoms with E-state index in [4.69, 9.17) is 5.84 Å². The molecule has 2 N–H and O–H groups in total. The molecule has 0 amide bonds. The molecule has 0 aliphatic carbocycles. The zero-order valence-corrected chi connectivity index (χ0v) is 8.34. The number of hydrogen-bond acceptors (Lipinski definition) is 3. The molecular formula is C9H14N4O. The van der Waals surface area contributed by atoms with Gasteiger partial charge in [-0.05, 0) is 19.9 Å². The van der Waals surface area contributed by atoms with Crippen molar-refractivity contribution in [3.05, 3.63) is 34.2 Å². The van der Waals surface area contributed by atoms with E-state index in [0.717, 1.165) is 0 Å². The highest BCUT2D eigenvalue weighted by Crippen LogP contribution is 2.01. The Morgan fingerprint density at radius 3 is 2.86 bits per heavy atom. The summed E-state index contributed by atoms with van der Waals surface area (Å²) in [6, 6.07) is 3.70. The van der Waals surface area contributed by atoms with Gasteiger partial charge in [-0.15, -0.1) is 0 Å². The van der Waals surface area contributed by atoms with Crippen LogP contribution in [0.2, 0.25) is 0 Å². The van der Waals surface area contributed by atoms with Crippen molar-refractivity contribution < 1.29 is 0 Å². The summed E-state index contributed by atoms with van der Waals surface area (Å²) >= 11 is 0. The van der Waals surface area contributed by atoms with Gasteiger partial charge in [0.1, 0.15) is 0 Å². The van der Waals surface area contributed by atoms with Gasteiger partial charge < -0.3 is 10.4 Å². The Morgan fingerprint density at radius 1 is 1.57 bits per heavy atom. The second-order valence-corrected chi connectivity index (χ2v) is 3.25. The Bertz CT molecular complexity index is 381. The normalized spacial score (nSPS) is 11.4. The second-order valence-electron chi connectivity index (χ2n) is 3.25. The number of nitrogens with two attached hydrogens (primary N) is 1.